The minimum absolute atomic E-state index is 0.152. The van der Waals surface area contributed by atoms with Gasteiger partial charge in [-0.25, -0.2) is 4.39 Å². The molecular weight excluding hydrogens is 223 g/mol. The van der Waals surface area contributed by atoms with Gasteiger partial charge in [0.1, 0.15) is 5.82 Å². The summed E-state index contributed by atoms with van der Waals surface area (Å²) in [6, 6.07) is 15.5. The van der Waals surface area contributed by atoms with E-state index in [-0.39, 0.29) is 5.82 Å². The van der Waals surface area contributed by atoms with Crippen molar-refractivity contribution in [3.05, 3.63) is 71.0 Å². The first-order chi connectivity index (χ1) is 8.70. The highest BCUT2D eigenvalue weighted by Gasteiger charge is 2.13. The fourth-order valence-corrected chi connectivity index (χ4v) is 2.34. The number of hydrogen-bond donors (Lipinski definition) is 0. The van der Waals surface area contributed by atoms with E-state index in [4.69, 9.17) is 0 Å². The van der Waals surface area contributed by atoms with E-state index in [2.05, 4.69) is 38.1 Å². The maximum Gasteiger partial charge on any atom is 0.123 e. The van der Waals surface area contributed by atoms with Crippen molar-refractivity contribution in [1.82, 2.24) is 0 Å². The summed E-state index contributed by atoms with van der Waals surface area (Å²) in [5, 5.41) is 0. The van der Waals surface area contributed by atoms with Crippen LogP contribution in [0.5, 0.6) is 0 Å². The number of benzene rings is 2. The van der Waals surface area contributed by atoms with Crippen LogP contribution in [0, 0.1) is 12.7 Å². The van der Waals surface area contributed by atoms with Gasteiger partial charge in [0.05, 0.1) is 0 Å². The highest BCUT2D eigenvalue weighted by molar-refractivity contribution is 5.34. The number of rotatable bonds is 4. The van der Waals surface area contributed by atoms with Crippen LogP contribution in [0.2, 0.25) is 0 Å². The van der Waals surface area contributed by atoms with Crippen molar-refractivity contribution in [3.63, 3.8) is 0 Å². The average molecular weight is 242 g/mol. The molecule has 0 spiro atoms. The lowest BCUT2D eigenvalue weighted by Crippen LogP contribution is -2.01. The maximum atomic E-state index is 13.3. The molecule has 0 nitrogen and oxygen atoms in total. The molecule has 1 heteroatoms. The normalized spacial score (nSPS) is 12.4. The summed E-state index contributed by atoms with van der Waals surface area (Å²) >= 11 is 0. The number of halogens is 1. The molecule has 0 aliphatic heterocycles. The molecule has 94 valence electrons. The second-order valence-electron chi connectivity index (χ2n) is 4.81. The van der Waals surface area contributed by atoms with Crippen molar-refractivity contribution in [3.8, 4) is 0 Å². The van der Waals surface area contributed by atoms with Crippen LogP contribution >= 0.6 is 0 Å². The first kappa shape index (κ1) is 12.8. The molecule has 0 saturated carbocycles. The molecule has 0 bridgehead atoms. The SMILES string of the molecule is CCCC(c1ccc(C)cc1)c1cccc(F)c1. The van der Waals surface area contributed by atoms with E-state index < -0.39 is 0 Å². The fourth-order valence-electron chi connectivity index (χ4n) is 2.34. The van der Waals surface area contributed by atoms with E-state index in [0.717, 1.165) is 18.4 Å². The molecule has 0 aromatic heterocycles. The van der Waals surface area contributed by atoms with Gasteiger partial charge in [0.15, 0.2) is 0 Å². The van der Waals surface area contributed by atoms with Gasteiger partial charge in [0.25, 0.3) is 0 Å². The highest BCUT2D eigenvalue weighted by atomic mass is 19.1. The molecule has 0 N–H and O–H groups in total. The van der Waals surface area contributed by atoms with Crippen LogP contribution in [-0.4, -0.2) is 0 Å². The van der Waals surface area contributed by atoms with Crippen molar-refractivity contribution in [1.29, 1.82) is 0 Å². The molecule has 0 saturated heterocycles. The molecule has 0 amide bonds. The molecule has 0 radical (unpaired) electrons. The van der Waals surface area contributed by atoms with Crippen LogP contribution in [0.4, 0.5) is 4.39 Å². The quantitative estimate of drug-likeness (QED) is 0.702. The van der Waals surface area contributed by atoms with Crippen molar-refractivity contribution in [2.24, 2.45) is 0 Å². The molecule has 0 fully saturated rings. The second kappa shape index (κ2) is 5.81. The largest absolute Gasteiger partial charge is 0.207 e. The van der Waals surface area contributed by atoms with Crippen molar-refractivity contribution in [2.75, 3.05) is 0 Å². The van der Waals surface area contributed by atoms with Gasteiger partial charge in [-0.3, -0.25) is 0 Å². The molecule has 2 rings (SSSR count). The van der Waals surface area contributed by atoms with Gasteiger partial charge < -0.3 is 0 Å². The van der Waals surface area contributed by atoms with Crippen LogP contribution in [0.1, 0.15) is 42.4 Å². The topological polar surface area (TPSA) is 0 Å². The van der Waals surface area contributed by atoms with Crippen molar-refractivity contribution >= 4 is 0 Å². The molecule has 0 aliphatic rings. The van der Waals surface area contributed by atoms with E-state index >= 15 is 0 Å². The molecule has 2 aromatic rings. The minimum atomic E-state index is -0.152. The van der Waals surface area contributed by atoms with Gasteiger partial charge in [-0.1, -0.05) is 55.3 Å². The third-order valence-electron chi connectivity index (χ3n) is 3.31. The Labute approximate surface area is 108 Å². The number of hydrogen-bond acceptors (Lipinski definition) is 0. The Morgan fingerprint density at radius 3 is 2.33 bits per heavy atom. The summed E-state index contributed by atoms with van der Waals surface area (Å²) in [4.78, 5) is 0. The van der Waals surface area contributed by atoms with Crippen LogP contribution in [0.3, 0.4) is 0 Å². The predicted molar refractivity (Wildman–Crippen MR) is 74.3 cm³/mol. The molecule has 1 unspecified atom stereocenters. The molecular formula is C17H19F. The molecule has 1 atom stereocenters. The van der Waals surface area contributed by atoms with Gasteiger partial charge in [0, 0.05) is 5.92 Å². The molecule has 0 heterocycles. The Bertz CT molecular complexity index is 499. The number of aryl methyl sites for hydroxylation is 1. The smallest absolute Gasteiger partial charge is 0.123 e. The van der Waals surface area contributed by atoms with E-state index in [1.165, 1.54) is 17.2 Å². The Kier molecular flexibility index (Phi) is 4.14. The maximum absolute atomic E-state index is 13.3. The van der Waals surface area contributed by atoms with Gasteiger partial charge in [0.2, 0.25) is 0 Å². The highest BCUT2D eigenvalue weighted by Crippen LogP contribution is 2.29. The van der Waals surface area contributed by atoms with Crippen LogP contribution in [0.25, 0.3) is 0 Å². The van der Waals surface area contributed by atoms with Crippen LogP contribution < -0.4 is 0 Å². The lowest BCUT2D eigenvalue weighted by atomic mass is 9.87. The second-order valence-corrected chi connectivity index (χ2v) is 4.81. The van der Waals surface area contributed by atoms with Gasteiger partial charge in [-0.15, -0.1) is 0 Å². The zero-order valence-electron chi connectivity index (χ0n) is 11.0. The summed E-state index contributed by atoms with van der Waals surface area (Å²) in [7, 11) is 0. The zero-order valence-corrected chi connectivity index (χ0v) is 11.0. The molecule has 0 aliphatic carbocycles. The summed E-state index contributed by atoms with van der Waals surface area (Å²) in [6.07, 6.45) is 2.14. The minimum Gasteiger partial charge on any atom is -0.207 e. The predicted octanol–water partition coefficient (Wildman–Crippen LogP) is 5.07. The van der Waals surface area contributed by atoms with Gasteiger partial charge >= 0.3 is 0 Å². The molecule has 18 heavy (non-hydrogen) atoms. The van der Waals surface area contributed by atoms with Gasteiger partial charge in [-0.2, -0.15) is 0 Å². The Morgan fingerprint density at radius 1 is 1.00 bits per heavy atom. The Morgan fingerprint density at radius 2 is 1.72 bits per heavy atom. The third kappa shape index (κ3) is 2.98. The summed E-state index contributed by atoms with van der Waals surface area (Å²) in [5.74, 6) is 0.145. The van der Waals surface area contributed by atoms with Crippen molar-refractivity contribution < 1.29 is 4.39 Å². The lowest BCUT2D eigenvalue weighted by molar-refractivity contribution is 0.619. The summed E-state index contributed by atoms with van der Waals surface area (Å²) in [6.45, 7) is 4.25. The summed E-state index contributed by atoms with van der Waals surface area (Å²) in [5.41, 5.74) is 3.60. The standard InChI is InChI=1S/C17H19F/c1-3-5-17(14-10-8-13(2)9-11-14)15-6-4-7-16(18)12-15/h4,6-12,17H,3,5H2,1-2H3. The lowest BCUT2D eigenvalue weighted by Gasteiger charge is -2.17. The van der Waals surface area contributed by atoms with E-state index in [1.54, 1.807) is 12.1 Å². The first-order valence-corrected chi connectivity index (χ1v) is 6.52. The van der Waals surface area contributed by atoms with E-state index in [1.807, 2.05) is 6.07 Å². The zero-order chi connectivity index (χ0) is 13.0. The summed E-state index contributed by atoms with van der Waals surface area (Å²) < 4.78 is 13.3. The Hall–Kier alpha value is -1.63. The van der Waals surface area contributed by atoms with E-state index in [0.29, 0.717) is 5.92 Å². The van der Waals surface area contributed by atoms with Crippen LogP contribution in [0.15, 0.2) is 48.5 Å². The fraction of sp³-hybridized carbons (Fsp3) is 0.294. The Balaban J connectivity index is 2.36. The molecule has 2 aromatic carbocycles. The monoisotopic (exact) mass is 242 g/mol. The van der Waals surface area contributed by atoms with Gasteiger partial charge in [-0.05, 0) is 36.6 Å². The third-order valence-corrected chi connectivity index (χ3v) is 3.31. The first-order valence-electron chi connectivity index (χ1n) is 6.52. The van der Waals surface area contributed by atoms with Crippen LogP contribution in [-0.2, 0) is 0 Å². The van der Waals surface area contributed by atoms with E-state index in [9.17, 15) is 4.39 Å². The van der Waals surface area contributed by atoms with Crippen molar-refractivity contribution in [2.45, 2.75) is 32.6 Å². The average Bonchev–Trinajstić information content (AvgIpc) is 2.37.